The van der Waals surface area contributed by atoms with Crippen LogP contribution in [0.2, 0.25) is 0 Å². The Hall–Kier alpha value is -0.470. The van der Waals surface area contributed by atoms with Gasteiger partial charge in [0.15, 0.2) is 0 Å². The SMILES string of the molecule is O=S(=O)(c1cccs1)N1CCNCCC12CCOCC2. The van der Waals surface area contributed by atoms with Gasteiger partial charge in [0.2, 0.25) is 0 Å². The Labute approximate surface area is 124 Å². The Morgan fingerprint density at radius 3 is 2.75 bits per heavy atom. The summed E-state index contributed by atoms with van der Waals surface area (Å²) in [6, 6.07) is 3.50. The standard InChI is InChI=1S/C13H20N2O3S2/c16-20(17,12-2-1-11-19-12)15-8-7-14-6-3-13(15)4-9-18-10-5-13/h1-2,11,14H,3-10H2. The highest BCUT2D eigenvalue weighted by Crippen LogP contribution is 2.37. The zero-order valence-corrected chi connectivity index (χ0v) is 13.0. The first-order valence-corrected chi connectivity index (χ1v) is 9.32. The maximum Gasteiger partial charge on any atom is 0.253 e. The minimum absolute atomic E-state index is 0.273. The summed E-state index contributed by atoms with van der Waals surface area (Å²) in [7, 11) is -3.39. The molecule has 112 valence electrons. The maximum absolute atomic E-state index is 12.9. The minimum atomic E-state index is -3.39. The Morgan fingerprint density at radius 2 is 2.05 bits per heavy atom. The molecule has 20 heavy (non-hydrogen) atoms. The molecule has 0 atom stereocenters. The fourth-order valence-electron chi connectivity index (χ4n) is 3.13. The summed E-state index contributed by atoms with van der Waals surface area (Å²) in [5, 5.41) is 5.14. The smallest absolute Gasteiger partial charge is 0.253 e. The highest BCUT2D eigenvalue weighted by molar-refractivity contribution is 7.91. The van der Waals surface area contributed by atoms with E-state index in [1.54, 1.807) is 16.4 Å². The molecule has 2 aliphatic rings. The summed E-state index contributed by atoms with van der Waals surface area (Å²) < 4.78 is 33.5. The van der Waals surface area contributed by atoms with Crippen molar-refractivity contribution in [2.75, 3.05) is 32.8 Å². The van der Waals surface area contributed by atoms with Crippen LogP contribution >= 0.6 is 11.3 Å². The molecule has 0 unspecified atom stereocenters. The second-order valence-electron chi connectivity index (χ2n) is 5.35. The molecule has 3 heterocycles. The fraction of sp³-hybridized carbons (Fsp3) is 0.692. The van der Waals surface area contributed by atoms with Crippen LogP contribution in [0.3, 0.4) is 0 Å². The first-order valence-electron chi connectivity index (χ1n) is 7.00. The van der Waals surface area contributed by atoms with Crippen LogP contribution < -0.4 is 5.32 Å². The largest absolute Gasteiger partial charge is 0.381 e. The molecule has 0 amide bonds. The van der Waals surface area contributed by atoms with Gasteiger partial charge in [-0.3, -0.25) is 0 Å². The normalized spacial score (nSPS) is 24.6. The summed E-state index contributed by atoms with van der Waals surface area (Å²) in [5.74, 6) is 0. The molecule has 0 bridgehead atoms. The van der Waals surface area contributed by atoms with Crippen LogP contribution in [-0.2, 0) is 14.8 Å². The van der Waals surface area contributed by atoms with Crippen molar-refractivity contribution in [2.24, 2.45) is 0 Å². The average Bonchev–Trinajstić information content (AvgIpc) is 2.91. The van der Waals surface area contributed by atoms with Crippen molar-refractivity contribution in [1.82, 2.24) is 9.62 Å². The van der Waals surface area contributed by atoms with Gasteiger partial charge in [-0.15, -0.1) is 11.3 Å². The number of thiophene rings is 1. The highest BCUT2D eigenvalue weighted by atomic mass is 32.2. The number of nitrogens with zero attached hydrogens (tertiary/aromatic N) is 1. The summed E-state index contributed by atoms with van der Waals surface area (Å²) in [5.41, 5.74) is -0.273. The molecule has 1 spiro atoms. The van der Waals surface area contributed by atoms with Crippen LogP contribution in [-0.4, -0.2) is 51.1 Å². The highest BCUT2D eigenvalue weighted by Gasteiger charge is 2.45. The van der Waals surface area contributed by atoms with E-state index in [9.17, 15) is 8.42 Å². The van der Waals surface area contributed by atoms with Crippen LogP contribution in [0.25, 0.3) is 0 Å². The average molecular weight is 316 g/mol. The molecule has 1 N–H and O–H groups in total. The van der Waals surface area contributed by atoms with Crippen molar-refractivity contribution in [3.8, 4) is 0 Å². The third kappa shape index (κ3) is 2.53. The number of hydrogen-bond donors (Lipinski definition) is 1. The minimum Gasteiger partial charge on any atom is -0.381 e. The lowest BCUT2D eigenvalue weighted by atomic mass is 9.87. The quantitative estimate of drug-likeness (QED) is 0.893. The van der Waals surface area contributed by atoms with Gasteiger partial charge in [-0.25, -0.2) is 8.42 Å². The number of hydrogen-bond acceptors (Lipinski definition) is 5. The molecule has 1 aromatic rings. The van der Waals surface area contributed by atoms with Gasteiger partial charge in [0, 0.05) is 31.8 Å². The molecule has 7 heteroatoms. The van der Waals surface area contributed by atoms with Crippen molar-refractivity contribution < 1.29 is 13.2 Å². The molecule has 2 aliphatic heterocycles. The monoisotopic (exact) mass is 316 g/mol. The van der Waals surface area contributed by atoms with Gasteiger partial charge in [0.25, 0.3) is 10.0 Å². The molecule has 2 fully saturated rings. The second-order valence-corrected chi connectivity index (χ2v) is 8.38. The molecule has 0 aliphatic carbocycles. The lowest BCUT2D eigenvalue weighted by Gasteiger charge is -2.44. The zero-order chi connectivity index (χ0) is 14.1. The first-order chi connectivity index (χ1) is 9.65. The van der Waals surface area contributed by atoms with Crippen molar-refractivity contribution in [3.63, 3.8) is 0 Å². The van der Waals surface area contributed by atoms with Crippen LogP contribution in [0.1, 0.15) is 19.3 Å². The number of ether oxygens (including phenoxy) is 1. The summed E-state index contributed by atoms with van der Waals surface area (Å²) in [4.78, 5) is 0. The van der Waals surface area contributed by atoms with E-state index in [1.807, 2.05) is 5.38 Å². The molecular formula is C13H20N2O3S2. The van der Waals surface area contributed by atoms with Gasteiger partial charge >= 0.3 is 0 Å². The van der Waals surface area contributed by atoms with E-state index in [0.29, 0.717) is 30.5 Å². The van der Waals surface area contributed by atoms with Crippen molar-refractivity contribution in [3.05, 3.63) is 17.5 Å². The van der Waals surface area contributed by atoms with E-state index < -0.39 is 10.0 Å². The number of rotatable bonds is 2. The third-order valence-electron chi connectivity index (χ3n) is 4.25. The van der Waals surface area contributed by atoms with Crippen molar-refractivity contribution in [2.45, 2.75) is 29.0 Å². The van der Waals surface area contributed by atoms with Gasteiger partial charge in [-0.2, -0.15) is 4.31 Å². The lowest BCUT2D eigenvalue weighted by molar-refractivity contribution is 0.00641. The first kappa shape index (κ1) is 14.5. The van der Waals surface area contributed by atoms with Crippen molar-refractivity contribution >= 4 is 21.4 Å². The molecule has 0 aromatic carbocycles. The van der Waals surface area contributed by atoms with E-state index >= 15 is 0 Å². The van der Waals surface area contributed by atoms with Crippen LogP contribution in [0.5, 0.6) is 0 Å². The maximum atomic E-state index is 12.9. The summed E-state index contributed by atoms with van der Waals surface area (Å²) in [6.07, 6.45) is 2.44. The van der Waals surface area contributed by atoms with Gasteiger partial charge in [-0.1, -0.05) is 6.07 Å². The molecule has 2 saturated heterocycles. The Kier molecular flexibility index (Phi) is 4.14. The number of nitrogens with one attached hydrogen (secondary N) is 1. The topological polar surface area (TPSA) is 58.6 Å². The van der Waals surface area contributed by atoms with E-state index in [0.717, 1.165) is 25.8 Å². The van der Waals surface area contributed by atoms with Crippen LogP contribution in [0.15, 0.2) is 21.7 Å². The Morgan fingerprint density at radius 1 is 1.25 bits per heavy atom. The molecule has 5 nitrogen and oxygen atoms in total. The van der Waals surface area contributed by atoms with Crippen molar-refractivity contribution in [1.29, 1.82) is 0 Å². The predicted octanol–water partition coefficient (Wildman–Crippen LogP) is 1.28. The molecule has 0 saturated carbocycles. The van der Waals surface area contributed by atoms with Gasteiger partial charge in [0.05, 0.1) is 0 Å². The Bertz CT molecular complexity index is 536. The number of sulfonamides is 1. The van der Waals surface area contributed by atoms with Crippen LogP contribution in [0, 0.1) is 0 Å². The molecule has 0 radical (unpaired) electrons. The Balaban J connectivity index is 1.99. The molecule has 3 rings (SSSR count). The van der Waals surface area contributed by atoms with Gasteiger partial charge in [0.1, 0.15) is 4.21 Å². The second kappa shape index (κ2) is 5.73. The van der Waals surface area contributed by atoms with E-state index in [2.05, 4.69) is 5.32 Å². The van der Waals surface area contributed by atoms with Gasteiger partial charge in [-0.05, 0) is 37.3 Å². The zero-order valence-electron chi connectivity index (χ0n) is 11.4. The van der Waals surface area contributed by atoms with E-state index in [-0.39, 0.29) is 5.54 Å². The predicted molar refractivity (Wildman–Crippen MR) is 78.5 cm³/mol. The van der Waals surface area contributed by atoms with E-state index in [4.69, 9.17) is 4.74 Å². The van der Waals surface area contributed by atoms with Gasteiger partial charge < -0.3 is 10.1 Å². The van der Waals surface area contributed by atoms with E-state index in [1.165, 1.54) is 11.3 Å². The fourth-order valence-corrected chi connectivity index (χ4v) is 6.09. The van der Waals surface area contributed by atoms with Crippen LogP contribution in [0.4, 0.5) is 0 Å². The lowest BCUT2D eigenvalue weighted by Crippen LogP contribution is -2.54. The third-order valence-corrected chi connectivity index (χ3v) is 7.63. The molecular weight excluding hydrogens is 296 g/mol. The molecule has 1 aromatic heterocycles. The summed E-state index contributed by atoms with van der Waals surface area (Å²) in [6.45, 7) is 3.43. The summed E-state index contributed by atoms with van der Waals surface area (Å²) >= 11 is 1.30.